The summed E-state index contributed by atoms with van der Waals surface area (Å²) in [5.41, 5.74) is 5.66. The standard InChI is InChI=1S/C22H21ClN2O/c23-19-8-4-7-18-17(19)11-13-21(18)25-22(26)14-10-16-9-12-20(24-16)15-5-2-1-3-6-15/h1-9,12,21,24H,10-11,13-14H2,(H,25,26). The lowest BCUT2D eigenvalue weighted by Gasteiger charge is -2.14. The number of fused-ring (bicyclic) bond motifs is 1. The molecule has 2 N–H and O–H groups in total. The molecule has 1 aromatic heterocycles. The fraction of sp³-hybridized carbons (Fsp3) is 0.227. The van der Waals surface area contributed by atoms with E-state index in [1.54, 1.807) is 0 Å². The quantitative estimate of drug-likeness (QED) is 0.652. The Balaban J connectivity index is 1.34. The Bertz CT molecular complexity index is 917. The van der Waals surface area contributed by atoms with Crippen molar-refractivity contribution in [2.45, 2.75) is 31.7 Å². The smallest absolute Gasteiger partial charge is 0.220 e. The number of nitrogens with one attached hydrogen (secondary N) is 2. The van der Waals surface area contributed by atoms with E-state index in [0.29, 0.717) is 12.8 Å². The van der Waals surface area contributed by atoms with Crippen molar-refractivity contribution in [2.75, 3.05) is 0 Å². The molecule has 0 saturated heterocycles. The molecule has 3 nitrogen and oxygen atoms in total. The molecule has 0 radical (unpaired) electrons. The van der Waals surface area contributed by atoms with Crippen molar-refractivity contribution in [3.8, 4) is 11.3 Å². The molecule has 4 rings (SSSR count). The molecule has 1 amide bonds. The minimum atomic E-state index is 0.0821. The van der Waals surface area contributed by atoms with E-state index in [1.807, 2.05) is 30.3 Å². The minimum absolute atomic E-state index is 0.0821. The maximum Gasteiger partial charge on any atom is 0.220 e. The van der Waals surface area contributed by atoms with Crippen LogP contribution in [0, 0.1) is 0 Å². The highest BCUT2D eigenvalue weighted by Crippen LogP contribution is 2.35. The van der Waals surface area contributed by atoms with Gasteiger partial charge in [-0.3, -0.25) is 4.79 Å². The van der Waals surface area contributed by atoms with Crippen LogP contribution in [0.1, 0.15) is 35.7 Å². The first kappa shape index (κ1) is 16.9. The van der Waals surface area contributed by atoms with Crippen LogP contribution in [0.25, 0.3) is 11.3 Å². The zero-order valence-electron chi connectivity index (χ0n) is 14.5. The van der Waals surface area contributed by atoms with Gasteiger partial charge < -0.3 is 10.3 Å². The molecule has 0 saturated carbocycles. The number of rotatable bonds is 5. The number of carbonyl (C=O) groups excluding carboxylic acids is 1. The van der Waals surface area contributed by atoms with Crippen molar-refractivity contribution in [1.82, 2.24) is 10.3 Å². The molecule has 26 heavy (non-hydrogen) atoms. The summed E-state index contributed by atoms with van der Waals surface area (Å²) in [4.78, 5) is 15.8. The fourth-order valence-corrected chi connectivity index (χ4v) is 3.92. The highest BCUT2D eigenvalue weighted by molar-refractivity contribution is 6.31. The summed E-state index contributed by atoms with van der Waals surface area (Å²) < 4.78 is 0. The third kappa shape index (κ3) is 3.54. The summed E-state index contributed by atoms with van der Waals surface area (Å²) in [5.74, 6) is 0.0821. The second kappa shape index (κ2) is 7.38. The summed E-state index contributed by atoms with van der Waals surface area (Å²) in [5, 5.41) is 3.96. The van der Waals surface area contributed by atoms with Crippen LogP contribution in [0.2, 0.25) is 5.02 Å². The zero-order chi connectivity index (χ0) is 17.9. The van der Waals surface area contributed by atoms with Gasteiger partial charge in [0, 0.05) is 22.8 Å². The molecular formula is C22H21ClN2O. The molecule has 1 heterocycles. The van der Waals surface area contributed by atoms with Crippen molar-refractivity contribution >= 4 is 17.5 Å². The van der Waals surface area contributed by atoms with Crippen LogP contribution in [-0.4, -0.2) is 10.9 Å². The van der Waals surface area contributed by atoms with E-state index in [9.17, 15) is 4.79 Å². The summed E-state index contributed by atoms with van der Waals surface area (Å²) in [6, 6.07) is 20.3. The van der Waals surface area contributed by atoms with Crippen molar-refractivity contribution < 1.29 is 4.79 Å². The minimum Gasteiger partial charge on any atom is -0.358 e. The summed E-state index contributed by atoms with van der Waals surface area (Å²) in [6.07, 6.45) is 3.03. The molecule has 0 spiro atoms. The predicted octanol–water partition coefficient (Wildman–Crippen LogP) is 5.07. The van der Waals surface area contributed by atoms with E-state index < -0.39 is 0 Å². The third-order valence-electron chi connectivity index (χ3n) is 5.00. The number of aryl methyl sites for hydroxylation is 1. The topological polar surface area (TPSA) is 44.9 Å². The number of amides is 1. The number of halogens is 1. The van der Waals surface area contributed by atoms with Crippen LogP contribution < -0.4 is 5.32 Å². The van der Waals surface area contributed by atoms with Crippen molar-refractivity contribution in [1.29, 1.82) is 0 Å². The maximum atomic E-state index is 12.4. The van der Waals surface area contributed by atoms with Gasteiger partial charge in [-0.15, -0.1) is 0 Å². The second-order valence-corrected chi connectivity index (χ2v) is 7.14. The summed E-state index contributed by atoms with van der Waals surface area (Å²) >= 11 is 6.25. The molecule has 0 aliphatic heterocycles. The average Bonchev–Trinajstić information content (AvgIpc) is 3.29. The number of aromatic nitrogens is 1. The first-order chi connectivity index (χ1) is 12.7. The number of aromatic amines is 1. The molecule has 1 atom stereocenters. The Morgan fingerprint density at radius 3 is 2.77 bits per heavy atom. The predicted molar refractivity (Wildman–Crippen MR) is 105 cm³/mol. The first-order valence-corrected chi connectivity index (χ1v) is 9.38. The van der Waals surface area contributed by atoms with Gasteiger partial charge in [-0.1, -0.05) is 54.1 Å². The molecule has 1 unspecified atom stereocenters. The summed E-state index contributed by atoms with van der Waals surface area (Å²) in [7, 11) is 0. The van der Waals surface area contributed by atoms with Gasteiger partial charge in [-0.25, -0.2) is 0 Å². The van der Waals surface area contributed by atoms with Gasteiger partial charge in [0.05, 0.1) is 6.04 Å². The molecule has 0 fully saturated rings. The van der Waals surface area contributed by atoms with Gasteiger partial charge in [-0.05, 0) is 54.2 Å². The van der Waals surface area contributed by atoms with Crippen molar-refractivity contribution in [3.63, 3.8) is 0 Å². The van der Waals surface area contributed by atoms with E-state index in [4.69, 9.17) is 11.6 Å². The van der Waals surface area contributed by atoms with Crippen molar-refractivity contribution in [2.24, 2.45) is 0 Å². The molecule has 2 aromatic carbocycles. The van der Waals surface area contributed by atoms with Crippen LogP contribution in [-0.2, 0) is 17.6 Å². The van der Waals surface area contributed by atoms with E-state index >= 15 is 0 Å². The lowest BCUT2D eigenvalue weighted by Crippen LogP contribution is -2.27. The molecule has 3 aromatic rings. The number of hydrogen-bond donors (Lipinski definition) is 2. The average molecular weight is 365 g/mol. The molecule has 1 aliphatic rings. The second-order valence-electron chi connectivity index (χ2n) is 6.73. The van der Waals surface area contributed by atoms with Gasteiger partial charge >= 0.3 is 0 Å². The monoisotopic (exact) mass is 364 g/mol. The fourth-order valence-electron chi connectivity index (χ4n) is 3.65. The maximum absolute atomic E-state index is 12.4. The Hall–Kier alpha value is -2.52. The number of carbonyl (C=O) groups is 1. The molecule has 0 bridgehead atoms. The Labute approximate surface area is 158 Å². The number of H-pyrrole nitrogens is 1. The number of benzene rings is 2. The third-order valence-corrected chi connectivity index (χ3v) is 5.36. The Kier molecular flexibility index (Phi) is 4.81. The molecule has 4 heteroatoms. The molecule has 132 valence electrons. The Morgan fingerprint density at radius 1 is 1.08 bits per heavy atom. The summed E-state index contributed by atoms with van der Waals surface area (Å²) in [6.45, 7) is 0. The SMILES string of the molecule is O=C(CCc1ccc(-c2ccccc2)[nH]1)NC1CCc2c(Cl)cccc21. The van der Waals surface area contributed by atoms with Crippen LogP contribution in [0.5, 0.6) is 0 Å². The zero-order valence-corrected chi connectivity index (χ0v) is 15.2. The van der Waals surface area contributed by atoms with E-state index in [2.05, 4.69) is 40.6 Å². The highest BCUT2D eigenvalue weighted by Gasteiger charge is 2.25. The normalized spacial score (nSPS) is 15.7. The largest absolute Gasteiger partial charge is 0.358 e. The van der Waals surface area contributed by atoms with Crippen molar-refractivity contribution in [3.05, 3.63) is 82.5 Å². The first-order valence-electron chi connectivity index (χ1n) is 9.00. The Morgan fingerprint density at radius 2 is 1.92 bits per heavy atom. The van der Waals surface area contributed by atoms with Gasteiger partial charge in [0.1, 0.15) is 0 Å². The highest BCUT2D eigenvalue weighted by atomic mass is 35.5. The molecule has 1 aliphatic carbocycles. The van der Waals surface area contributed by atoms with Gasteiger partial charge in [0.2, 0.25) is 5.91 Å². The van der Waals surface area contributed by atoms with E-state index in [-0.39, 0.29) is 11.9 Å². The van der Waals surface area contributed by atoms with Gasteiger partial charge in [0.25, 0.3) is 0 Å². The number of hydrogen-bond acceptors (Lipinski definition) is 1. The lowest BCUT2D eigenvalue weighted by molar-refractivity contribution is -0.121. The van der Waals surface area contributed by atoms with E-state index in [1.165, 1.54) is 5.56 Å². The van der Waals surface area contributed by atoms with Crippen LogP contribution in [0.15, 0.2) is 60.7 Å². The molecular weight excluding hydrogens is 344 g/mol. The van der Waals surface area contributed by atoms with E-state index in [0.717, 1.165) is 40.4 Å². The van der Waals surface area contributed by atoms with Gasteiger partial charge in [0.15, 0.2) is 0 Å². The van der Waals surface area contributed by atoms with Crippen LogP contribution in [0.4, 0.5) is 0 Å². The van der Waals surface area contributed by atoms with Crippen LogP contribution in [0.3, 0.4) is 0 Å². The lowest BCUT2D eigenvalue weighted by atomic mass is 10.1. The van der Waals surface area contributed by atoms with Crippen LogP contribution >= 0.6 is 11.6 Å². The van der Waals surface area contributed by atoms with Gasteiger partial charge in [-0.2, -0.15) is 0 Å².